The number of rotatable bonds is 81. The summed E-state index contributed by atoms with van der Waals surface area (Å²) >= 11 is 0. The number of phosphoric ester groups is 2. The lowest BCUT2D eigenvalue weighted by atomic mass is 9.99. The minimum atomic E-state index is -4.97. The number of hydrogen-bond donors (Lipinski definition) is 3. The zero-order valence-corrected chi connectivity index (χ0v) is 69.7. The Bertz CT molecular complexity index is 2010. The Hall–Kier alpha value is -1.94. The van der Waals surface area contributed by atoms with Crippen LogP contribution in [-0.4, -0.2) is 96.7 Å². The molecule has 0 aromatic rings. The lowest BCUT2D eigenvalue weighted by Crippen LogP contribution is -2.30. The first-order valence-electron chi connectivity index (χ1n) is 43.3. The first-order valence-corrected chi connectivity index (χ1v) is 46.3. The van der Waals surface area contributed by atoms with Crippen molar-refractivity contribution in [3.8, 4) is 0 Å². The maximum absolute atomic E-state index is 13.1. The second-order valence-corrected chi connectivity index (χ2v) is 34.3. The van der Waals surface area contributed by atoms with E-state index in [0.717, 1.165) is 114 Å². The Morgan fingerprint density at radius 2 is 0.466 bits per heavy atom. The van der Waals surface area contributed by atoms with Crippen molar-refractivity contribution in [3.63, 3.8) is 0 Å². The van der Waals surface area contributed by atoms with Crippen LogP contribution in [0.4, 0.5) is 0 Å². The van der Waals surface area contributed by atoms with E-state index in [1.165, 1.54) is 231 Å². The molecule has 17 nitrogen and oxygen atoms in total. The van der Waals surface area contributed by atoms with Crippen molar-refractivity contribution >= 4 is 39.5 Å². The fraction of sp³-hybridized carbons (Fsp3) is 0.952. The zero-order chi connectivity index (χ0) is 76.0. The Balaban J connectivity index is 5.21. The summed E-state index contributed by atoms with van der Waals surface area (Å²) in [5.74, 6) is 1.09. The van der Waals surface area contributed by atoms with Gasteiger partial charge in [0.1, 0.15) is 19.3 Å². The molecule has 612 valence electrons. The molecular formula is C84H164O17P2. The van der Waals surface area contributed by atoms with Gasteiger partial charge in [0.25, 0.3) is 0 Å². The molecule has 5 unspecified atom stereocenters. The Morgan fingerprint density at radius 1 is 0.272 bits per heavy atom. The molecule has 0 spiro atoms. The highest BCUT2D eigenvalue weighted by atomic mass is 31.2. The van der Waals surface area contributed by atoms with E-state index in [-0.39, 0.29) is 25.7 Å². The predicted octanol–water partition coefficient (Wildman–Crippen LogP) is 25.2. The molecule has 0 aliphatic heterocycles. The molecule has 0 saturated carbocycles. The monoisotopic (exact) mass is 1510 g/mol. The molecule has 8 atom stereocenters. The molecule has 0 aromatic heterocycles. The third kappa shape index (κ3) is 74.0. The molecule has 0 aliphatic carbocycles. The molecule has 0 bridgehead atoms. The molecule has 0 heterocycles. The first-order chi connectivity index (χ1) is 49.7. The zero-order valence-electron chi connectivity index (χ0n) is 68.0. The number of carbonyl (C=O) groups is 4. The summed E-state index contributed by atoms with van der Waals surface area (Å²) in [6.07, 6.45) is 61.1. The van der Waals surface area contributed by atoms with Gasteiger partial charge in [-0.2, -0.15) is 0 Å². The number of esters is 4. The molecule has 19 heteroatoms. The Kier molecular flexibility index (Phi) is 71.5. The lowest BCUT2D eigenvalue weighted by molar-refractivity contribution is -0.161. The van der Waals surface area contributed by atoms with Crippen LogP contribution in [0.15, 0.2) is 0 Å². The van der Waals surface area contributed by atoms with Crippen molar-refractivity contribution in [1.82, 2.24) is 0 Å². The topological polar surface area (TPSA) is 237 Å². The van der Waals surface area contributed by atoms with Crippen LogP contribution in [0, 0.1) is 23.7 Å². The van der Waals surface area contributed by atoms with E-state index in [4.69, 9.17) is 37.0 Å². The summed E-state index contributed by atoms with van der Waals surface area (Å²) in [7, 11) is -9.92. The molecule has 0 aromatic carbocycles. The van der Waals surface area contributed by atoms with Crippen molar-refractivity contribution in [2.75, 3.05) is 39.6 Å². The van der Waals surface area contributed by atoms with Crippen LogP contribution in [-0.2, 0) is 65.4 Å². The fourth-order valence-corrected chi connectivity index (χ4v) is 14.4. The summed E-state index contributed by atoms with van der Waals surface area (Å²) in [5.41, 5.74) is 0. The molecule has 0 saturated heterocycles. The van der Waals surface area contributed by atoms with Gasteiger partial charge in [-0.15, -0.1) is 0 Å². The van der Waals surface area contributed by atoms with E-state index in [0.29, 0.717) is 31.6 Å². The number of carbonyl (C=O) groups excluding carboxylic acids is 4. The molecule has 0 fully saturated rings. The van der Waals surface area contributed by atoms with Gasteiger partial charge in [0.15, 0.2) is 12.2 Å². The second kappa shape index (κ2) is 72.9. The highest BCUT2D eigenvalue weighted by Crippen LogP contribution is 2.45. The standard InChI is InChI=1S/C84H164O17P2/c1-9-75(6)61-53-45-36-30-24-20-16-14-12-13-15-17-22-26-33-39-48-56-64-81(86)94-70-79(100-83(88)66-58-50-40-34-27-23-19-18-21-25-31-37-46-54-62-76(7)10-2)72-98-102(90,91)96-68-78(85)69-97-103(92,93)99-73-80(71-95-82(87)65-57-49-43-42-44-52-60-74(4)5)101-84(89)67-59-51-41-35-29-28-32-38-47-55-63-77(8)11-3/h74-80,85H,9-73H2,1-8H3,(H,90,91)(H,92,93)/t75?,76?,77?,78-,79-,80-/m1/s1. The number of ether oxygens (including phenoxy) is 4. The molecule has 3 N–H and O–H groups in total. The largest absolute Gasteiger partial charge is 0.472 e. The van der Waals surface area contributed by atoms with Crippen molar-refractivity contribution in [1.29, 1.82) is 0 Å². The second-order valence-electron chi connectivity index (χ2n) is 31.4. The summed E-state index contributed by atoms with van der Waals surface area (Å²) in [6.45, 7) is 14.3. The van der Waals surface area contributed by atoms with Crippen molar-refractivity contribution in [2.24, 2.45) is 23.7 Å². The van der Waals surface area contributed by atoms with E-state index < -0.39 is 97.5 Å². The van der Waals surface area contributed by atoms with Gasteiger partial charge in [0.05, 0.1) is 26.4 Å². The smallest absolute Gasteiger partial charge is 0.462 e. The Morgan fingerprint density at radius 3 is 0.689 bits per heavy atom. The van der Waals surface area contributed by atoms with Gasteiger partial charge >= 0.3 is 39.5 Å². The van der Waals surface area contributed by atoms with Gasteiger partial charge in [0, 0.05) is 25.7 Å². The van der Waals surface area contributed by atoms with E-state index in [9.17, 15) is 43.2 Å². The average molecular weight is 1510 g/mol. The highest BCUT2D eigenvalue weighted by Gasteiger charge is 2.30. The molecule has 0 aliphatic rings. The maximum Gasteiger partial charge on any atom is 0.472 e. The SMILES string of the molecule is CCC(C)CCCCCCCCCCCCCCCCCCCCC(=O)OC[C@H](COP(=O)(O)OC[C@@H](O)COP(=O)(O)OC[C@@H](COC(=O)CCCCCCCCC(C)C)OC(=O)CCCCCCCCCCCCC(C)CC)OC(=O)CCCCCCCCCCCCCCCCC(C)CC. The van der Waals surface area contributed by atoms with Gasteiger partial charge in [-0.3, -0.25) is 37.3 Å². The van der Waals surface area contributed by atoms with E-state index in [1.807, 2.05) is 0 Å². The van der Waals surface area contributed by atoms with E-state index in [2.05, 4.69) is 55.4 Å². The third-order valence-corrected chi connectivity index (χ3v) is 22.6. The Labute approximate surface area is 632 Å². The average Bonchev–Trinajstić information content (AvgIpc) is 0.956. The molecular weight excluding hydrogens is 1340 g/mol. The molecule has 0 rings (SSSR count). The van der Waals surface area contributed by atoms with Crippen LogP contribution in [0.25, 0.3) is 0 Å². The van der Waals surface area contributed by atoms with Gasteiger partial charge in [-0.05, 0) is 49.4 Å². The van der Waals surface area contributed by atoms with Crippen LogP contribution < -0.4 is 0 Å². The van der Waals surface area contributed by atoms with E-state index in [1.54, 1.807) is 0 Å². The van der Waals surface area contributed by atoms with Crippen molar-refractivity contribution < 1.29 is 80.2 Å². The van der Waals surface area contributed by atoms with Crippen LogP contribution in [0.5, 0.6) is 0 Å². The normalized spacial score (nSPS) is 14.8. The van der Waals surface area contributed by atoms with Crippen molar-refractivity contribution in [2.45, 2.75) is 453 Å². The number of aliphatic hydroxyl groups is 1. The number of unbranched alkanes of at least 4 members (excludes halogenated alkanes) is 44. The van der Waals surface area contributed by atoms with Crippen LogP contribution >= 0.6 is 15.6 Å². The van der Waals surface area contributed by atoms with Gasteiger partial charge in [-0.1, -0.05) is 383 Å². The third-order valence-electron chi connectivity index (χ3n) is 20.7. The minimum Gasteiger partial charge on any atom is -0.462 e. The number of aliphatic hydroxyl groups excluding tert-OH is 1. The van der Waals surface area contributed by atoms with Gasteiger partial charge in [0.2, 0.25) is 0 Å². The number of hydrogen-bond acceptors (Lipinski definition) is 15. The molecule has 0 amide bonds. The van der Waals surface area contributed by atoms with Crippen LogP contribution in [0.1, 0.15) is 434 Å². The summed E-state index contributed by atoms with van der Waals surface area (Å²) < 4.78 is 68.8. The number of phosphoric acid groups is 2. The maximum atomic E-state index is 13.1. The molecule has 0 radical (unpaired) electrons. The fourth-order valence-electron chi connectivity index (χ4n) is 12.9. The van der Waals surface area contributed by atoms with Crippen LogP contribution in [0.3, 0.4) is 0 Å². The summed E-state index contributed by atoms with van der Waals surface area (Å²) in [5, 5.41) is 10.7. The molecule has 103 heavy (non-hydrogen) atoms. The van der Waals surface area contributed by atoms with Crippen molar-refractivity contribution in [3.05, 3.63) is 0 Å². The lowest BCUT2D eigenvalue weighted by Gasteiger charge is -2.21. The van der Waals surface area contributed by atoms with Gasteiger partial charge < -0.3 is 33.8 Å². The minimum absolute atomic E-state index is 0.105. The highest BCUT2D eigenvalue weighted by molar-refractivity contribution is 7.47. The predicted molar refractivity (Wildman–Crippen MR) is 423 cm³/mol. The van der Waals surface area contributed by atoms with Gasteiger partial charge in [-0.25, -0.2) is 9.13 Å². The summed E-state index contributed by atoms with van der Waals surface area (Å²) in [4.78, 5) is 73.1. The quantitative estimate of drug-likeness (QED) is 0.0222. The van der Waals surface area contributed by atoms with Crippen LogP contribution in [0.2, 0.25) is 0 Å². The first kappa shape index (κ1) is 101. The van der Waals surface area contributed by atoms with E-state index >= 15 is 0 Å². The summed E-state index contributed by atoms with van der Waals surface area (Å²) in [6, 6.07) is 0.